The highest BCUT2D eigenvalue weighted by Gasteiger charge is 2.09. The molecule has 0 aliphatic carbocycles. The SMILES string of the molecule is CC(=O)Nc1ccc(-c2csc(NC(=O)Cn3cnnn3)n2)cc1. The molecule has 122 valence electrons. The fraction of sp³-hybridized carbons (Fsp3) is 0.143. The van der Waals surface area contributed by atoms with E-state index in [9.17, 15) is 9.59 Å². The van der Waals surface area contributed by atoms with Crippen LogP contribution < -0.4 is 10.6 Å². The lowest BCUT2D eigenvalue weighted by Crippen LogP contribution is -2.19. The van der Waals surface area contributed by atoms with E-state index in [0.29, 0.717) is 5.13 Å². The molecule has 0 spiro atoms. The van der Waals surface area contributed by atoms with Gasteiger partial charge in [-0.15, -0.1) is 16.4 Å². The molecule has 0 aliphatic heterocycles. The average molecular weight is 343 g/mol. The molecular weight excluding hydrogens is 330 g/mol. The van der Waals surface area contributed by atoms with Gasteiger partial charge in [-0.3, -0.25) is 9.59 Å². The zero-order valence-electron chi connectivity index (χ0n) is 12.6. The highest BCUT2D eigenvalue weighted by atomic mass is 32.1. The number of hydrogen-bond donors (Lipinski definition) is 2. The van der Waals surface area contributed by atoms with Crippen LogP contribution >= 0.6 is 11.3 Å². The van der Waals surface area contributed by atoms with Crippen LogP contribution in [0.4, 0.5) is 10.8 Å². The van der Waals surface area contributed by atoms with E-state index in [1.54, 1.807) is 12.1 Å². The maximum absolute atomic E-state index is 11.9. The molecular formula is C14H13N7O2S. The Balaban J connectivity index is 1.64. The van der Waals surface area contributed by atoms with E-state index >= 15 is 0 Å². The number of nitrogens with zero attached hydrogens (tertiary/aromatic N) is 5. The first-order chi connectivity index (χ1) is 11.6. The van der Waals surface area contributed by atoms with Crippen molar-refractivity contribution < 1.29 is 9.59 Å². The number of hydrogen-bond acceptors (Lipinski definition) is 7. The Hall–Kier alpha value is -3.14. The third-order valence-corrected chi connectivity index (χ3v) is 3.71. The summed E-state index contributed by atoms with van der Waals surface area (Å²) in [7, 11) is 0. The van der Waals surface area contributed by atoms with Gasteiger partial charge in [0, 0.05) is 23.6 Å². The predicted molar refractivity (Wildman–Crippen MR) is 88.3 cm³/mol. The van der Waals surface area contributed by atoms with Gasteiger partial charge in [0.2, 0.25) is 11.8 Å². The summed E-state index contributed by atoms with van der Waals surface area (Å²) in [4.78, 5) is 27.3. The van der Waals surface area contributed by atoms with E-state index in [-0.39, 0.29) is 18.4 Å². The molecule has 0 saturated carbocycles. The standard InChI is InChI=1S/C14H13N7O2S/c1-9(22)16-11-4-2-10(3-5-11)12-7-24-14(17-12)18-13(23)6-21-8-15-19-20-21/h2-5,7-8H,6H2,1H3,(H,16,22)(H,17,18,23). The van der Waals surface area contributed by atoms with Crippen molar-refractivity contribution >= 4 is 34.0 Å². The van der Waals surface area contributed by atoms with Crippen molar-refractivity contribution in [2.24, 2.45) is 0 Å². The molecule has 9 nitrogen and oxygen atoms in total. The van der Waals surface area contributed by atoms with Crippen LogP contribution in [0.5, 0.6) is 0 Å². The van der Waals surface area contributed by atoms with Crippen LogP contribution in [-0.4, -0.2) is 37.0 Å². The highest BCUT2D eigenvalue weighted by Crippen LogP contribution is 2.26. The topological polar surface area (TPSA) is 115 Å². The molecule has 0 unspecified atom stereocenters. The lowest BCUT2D eigenvalue weighted by atomic mass is 10.1. The zero-order valence-corrected chi connectivity index (χ0v) is 13.4. The molecule has 24 heavy (non-hydrogen) atoms. The van der Waals surface area contributed by atoms with Crippen molar-refractivity contribution in [3.8, 4) is 11.3 Å². The van der Waals surface area contributed by atoms with E-state index in [1.807, 2.05) is 17.5 Å². The number of benzene rings is 1. The lowest BCUT2D eigenvalue weighted by Gasteiger charge is -2.03. The lowest BCUT2D eigenvalue weighted by molar-refractivity contribution is -0.117. The second-order valence-corrected chi connectivity index (χ2v) is 5.71. The maximum Gasteiger partial charge on any atom is 0.248 e. The Morgan fingerprint density at radius 3 is 2.67 bits per heavy atom. The van der Waals surface area contributed by atoms with E-state index in [0.717, 1.165) is 16.9 Å². The van der Waals surface area contributed by atoms with Gasteiger partial charge in [0.25, 0.3) is 0 Å². The fourth-order valence-electron chi connectivity index (χ4n) is 1.95. The van der Waals surface area contributed by atoms with Crippen molar-refractivity contribution in [1.29, 1.82) is 0 Å². The summed E-state index contributed by atoms with van der Waals surface area (Å²) in [6.45, 7) is 1.48. The molecule has 0 bridgehead atoms. The first-order valence-electron chi connectivity index (χ1n) is 6.94. The van der Waals surface area contributed by atoms with Crippen LogP contribution in [0, 0.1) is 0 Å². The smallest absolute Gasteiger partial charge is 0.248 e. The second kappa shape index (κ2) is 6.96. The van der Waals surface area contributed by atoms with Crippen molar-refractivity contribution in [3.05, 3.63) is 36.0 Å². The minimum Gasteiger partial charge on any atom is -0.326 e. The number of tetrazole rings is 1. The zero-order chi connectivity index (χ0) is 16.9. The number of rotatable bonds is 5. The van der Waals surface area contributed by atoms with Crippen LogP contribution in [0.15, 0.2) is 36.0 Å². The number of carbonyl (C=O) groups excluding carboxylic acids is 2. The Morgan fingerprint density at radius 2 is 2.00 bits per heavy atom. The molecule has 10 heteroatoms. The quantitative estimate of drug-likeness (QED) is 0.723. The molecule has 2 heterocycles. The first-order valence-corrected chi connectivity index (χ1v) is 7.82. The summed E-state index contributed by atoms with van der Waals surface area (Å²) in [6.07, 6.45) is 1.36. The largest absolute Gasteiger partial charge is 0.326 e. The first kappa shape index (κ1) is 15.7. The molecule has 0 atom stereocenters. The Labute approximate surface area is 140 Å². The highest BCUT2D eigenvalue weighted by molar-refractivity contribution is 7.14. The molecule has 0 radical (unpaired) electrons. The van der Waals surface area contributed by atoms with E-state index < -0.39 is 0 Å². The third kappa shape index (κ3) is 3.98. The van der Waals surface area contributed by atoms with Gasteiger partial charge in [-0.2, -0.15) is 0 Å². The van der Waals surface area contributed by atoms with Gasteiger partial charge in [-0.05, 0) is 22.6 Å². The van der Waals surface area contributed by atoms with Crippen molar-refractivity contribution in [3.63, 3.8) is 0 Å². The average Bonchev–Trinajstić information content (AvgIpc) is 3.19. The molecule has 2 N–H and O–H groups in total. The Kier molecular flexibility index (Phi) is 4.57. The fourth-order valence-corrected chi connectivity index (χ4v) is 2.69. The number of aromatic nitrogens is 5. The summed E-state index contributed by atoms with van der Waals surface area (Å²) in [5, 5.41) is 18.3. The minimum absolute atomic E-state index is 0.0212. The van der Waals surface area contributed by atoms with Gasteiger partial charge >= 0.3 is 0 Å². The molecule has 2 amide bonds. The van der Waals surface area contributed by atoms with Gasteiger partial charge in [0.05, 0.1) is 5.69 Å². The number of amides is 2. The molecule has 2 aromatic heterocycles. The van der Waals surface area contributed by atoms with E-state index in [1.165, 1.54) is 29.3 Å². The predicted octanol–water partition coefficient (Wildman–Crippen LogP) is 1.39. The summed E-state index contributed by atoms with van der Waals surface area (Å²) in [5.74, 6) is -0.381. The number of thiazole rings is 1. The van der Waals surface area contributed by atoms with Crippen LogP contribution in [0.1, 0.15) is 6.92 Å². The minimum atomic E-state index is -0.260. The summed E-state index contributed by atoms with van der Waals surface area (Å²) >= 11 is 1.33. The van der Waals surface area contributed by atoms with Crippen LogP contribution in [0.25, 0.3) is 11.3 Å². The van der Waals surface area contributed by atoms with Crippen molar-refractivity contribution in [1.82, 2.24) is 25.2 Å². The van der Waals surface area contributed by atoms with Gasteiger partial charge in [0.1, 0.15) is 12.9 Å². The van der Waals surface area contributed by atoms with E-state index in [2.05, 4.69) is 31.1 Å². The normalized spacial score (nSPS) is 10.4. The van der Waals surface area contributed by atoms with Crippen molar-refractivity contribution in [2.75, 3.05) is 10.6 Å². The molecule has 0 saturated heterocycles. The second-order valence-electron chi connectivity index (χ2n) is 4.85. The van der Waals surface area contributed by atoms with E-state index in [4.69, 9.17) is 0 Å². The third-order valence-electron chi connectivity index (χ3n) is 2.95. The monoisotopic (exact) mass is 343 g/mol. The molecule has 3 aromatic rings. The molecule has 1 aromatic carbocycles. The van der Waals surface area contributed by atoms with Crippen LogP contribution in [0.3, 0.4) is 0 Å². The van der Waals surface area contributed by atoms with Gasteiger partial charge < -0.3 is 10.6 Å². The molecule has 0 fully saturated rings. The van der Waals surface area contributed by atoms with Crippen LogP contribution in [-0.2, 0) is 16.1 Å². The molecule has 0 aliphatic rings. The Morgan fingerprint density at radius 1 is 1.21 bits per heavy atom. The van der Waals surface area contributed by atoms with Gasteiger partial charge in [0.15, 0.2) is 5.13 Å². The number of anilines is 2. The summed E-state index contributed by atoms with van der Waals surface area (Å²) < 4.78 is 1.32. The number of carbonyl (C=O) groups is 2. The maximum atomic E-state index is 11.9. The van der Waals surface area contributed by atoms with Crippen LogP contribution in [0.2, 0.25) is 0 Å². The molecule has 3 rings (SSSR count). The number of nitrogens with one attached hydrogen (secondary N) is 2. The summed E-state index contributed by atoms with van der Waals surface area (Å²) in [5.41, 5.74) is 2.35. The summed E-state index contributed by atoms with van der Waals surface area (Å²) in [6, 6.07) is 7.30. The Bertz CT molecular complexity index is 842. The van der Waals surface area contributed by atoms with Crippen molar-refractivity contribution in [2.45, 2.75) is 13.5 Å². The van der Waals surface area contributed by atoms with Gasteiger partial charge in [-0.25, -0.2) is 9.67 Å². The van der Waals surface area contributed by atoms with Gasteiger partial charge in [-0.1, -0.05) is 12.1 Å².